The molecule has 0 amide bonds. The lowest BCUT2D eigenvalue weighted by atomic mass is 10.2. The molecule has 9 heteroatoms. The molecule has 1 aromatic heterocycles. The van der Waals surface area contributed by atoms with Crippen LogP contribution in [-0.4, -0.2) is 21.0 Å². The molecule has 2 aromatic rings. The van der Waals surface area contributed by atoms with E-state index in [-0.39, 0.29) is 17.1 Å². The first-order valence-electron chi connectivity index (χ1n) is 5.57. The Bertz CT molecular complexity index is 706. The summed E-state index contributed by atoms with van der Waals surface area (Å²) < 4.78 is 0.823. The molecular formula is C12H9BrN4O3S. The van der Waals surface area contributed by atoms with E-state index in [4.69, 9.17) is 10.9 Å². The van der Waals surface area contributed by atoms with Crippen molar-refractivity contribution >= 4 is 39.2 Å². The minimum Gasteiger partial charge on any atom is -0.409 e. The van der Waals surface area contributed by atoms with Crippen LogP contribution in [0.3, 0.4) is 0 Å². The van der Waals surface area contributed by atoms with Gasteiger partial charge in [0.1, 0.15) is 5.03 Å². The summed E-state index contributed by atoms with van der Waals surface area (Å²) in [4.78, 5) is 15.2. The van der Waals surface area contributed by atoms with Crippen molar-refractivity contribution in [1.82, 2.24) is 4.98 Å². The smallest absolute Gasteiger partial charge is 0.284 e. The number of halogens is 1. The first kappa shape index (κ1) is 15.3. The SMILES string of the molecule is NC(=NO)c1ccc(Sc2ccc(Br)cn2)c([N+](=O)[O-])c1. The lowest BCUT2D eigenvalue weighted by Gasteiger charge is -2.05. The number of nitrogens with two attached hydrogens (primary N) is 1. The molecule has 108 valence electrons. The zero-order valence-corrected chi connectivity index (χ0v) is 12.8. The Hall–Kier alpha value is -2.13. The van der Waals surface area contributed by atoms with E-state index in [1.54, 1.807) is 30.5 Å². The van der Waals surface area contributed by atoms with Gasteiger partial charge in [0.2, 0.25) is 0 Å². The van der Waals surface area contributed by atoms with Gasteiger partial charge in [-0.1, -0.05) is 16.9 Å². The Morgan fingerprint density at radius 1 is 1.43 bits per heavy atom. The molecule has 7 nitrogen and oxygen atoms in total. The lowest BCUT2D eigenvalue weighted by Crippen LogP contribution is -2.13. The average molecular weight is 369 g/mol. The van der Waals surface area contributed by atoms with Crippen molar-refractivity contribution in [3.8, 4) is 0 Å². The van der Waals surface area contributed by atoms with Gasteiger partial charge in [0, 0.05) is 22.3 Å². The minimum absolute atomic E-state index is 0.131. The third-order valence-corrected chi connectivity index (χ3v) is 3.96. The van der Waals surface area contributed by atoms with Crippen LogP contribution in [-0.2, 0) is 0 Å². The molecule has 2 rings (SSSR count). The number of nitrogens with zero attached hydrogens (tertiary/aromatic N) is 3. The molecule has 0 saturated carbocycles. The summed E-state index contributed by atoms with van der Waals surface area (Å²) in [5.74, 6) is -0.184. The summed E-state index contributed by atoms with van der Waals surface area (Å²) in [5, 5.41) is 23.2. The van der Waals surface area contributed by atoms with E-state index >= 15 is 0 Å². The largest absolute Gasteiger partial charge is 0.409 e. The van der Waals surface area contributed by atoms with E-state index in [0.717, 1.165) is 16.2 Å². The molecule has 0 aliphatic heterocycles. The van der Waals surface area contributed by atoms with Crippen LogP contribution >= 0.6 is 27.7 Å². The van der Waals surface area contributed by atoms with Gasteiger partial charge in [-0.2, -0.15) is 0 Å². The average Bonchev–Trinajstić information content (AvgIpc) is 2.49. The summed E-state index contributed by atoms with van der Waals surface area (Å²) >= 11 is 4.43. The second kappa shape index (κ2) is 6.55. The molecule has 0 radical (unpaired) electrons. The number of hydrogen-bond acceptors (Lipinski definition) is 6. The van der Waals surface area contributed by atoms with Gasteiger partial charge in [-0.3, -0.25) is 10.1 Å². The van der Waals surface area contributed by atoms with Crippen molar-refractivity contribution in [1.29, 1.82) is 0 Å². The number of oxime groups is 1. The molecule has 0 unspecified atom stereocenters. The molecular weight excluding hydrogens is 360 g/mol. The number of amidine groups is 1. The van der Waals surface area contributed by atoms with E-state index in [0.29, 0.717) is 9.92 Å². The monoisotopic (exact) mass is 368 g/mol. The molecule has 3 N–H and O–H groups in total. The topological polar surface area (TPSA) is 115 Å². The van der Waals surface area contributed by atoms with Crippen molar-refractivity contribution < 1.29 is 10.1 Å². The van der Waals surface area contributed by atoms with Crippen molar-refractivity contribution in [2.24, 2.45) is 10.9 Å². The summed E-state index contributed by atoms with van der Waals surface area (Å²) in [6.45, 7) is 0. The van der Waals surface area contributed by atoms with Crippen LogP contribution in [0.4, 0.5) is 5.69 Å². The van der Waals surface area contributed by atoms with Gasteiger partial charge in [-0.05, 0) is 40.2 Å². The van der Waals surface area contributed by atoms with Gasteiger partial charge in [0.15, 0.2) is 5.84 Å². The van der Waals surface area contributed by atoms with E-state index in [9.17, 15) is 10.1 Å². The molecule has 0 atom stereocenters. The van der Waals surface area contributed by atoms with E-state index in [1.807, 2.05) is 0 Å². The van der Waals surface area contributed by atoms with Gasteiger partial charge < -0.3 is 10.9 Å². The normalized spacial score (nSPS) is 11.4. The number of pyridine rings is 1. The number of rotatable bonds is 4. The van der Waals surface area contributed by atoms with Crippen LogP contribution in [0.1, 0.15) is 5.56 Å². The highest BCUT2D eigenvalue weighted by molar-refractivity contribution is 9.10. The van der Waals surface area contributed by atoms with Crippen LogP contribution in [0.5, 0.6) is 0 Å². The van der Waals surface area contributed by atoms with Crippen molar-refractivity contribution in [3.05, 3.63) is 56.7 Å². The highest BCUT2D eigenvalue weighted by Gasteiger charge is 2.17. The summed E-state index contributed by atoms with van der Waals surface area (Å²) in [6, 6.07) is 7.89. The van der Waals surface area contributed by atoms with Crippen LogP contribution < -0.4 is 5.73 Å². The van der Waals surface area contributed by atoms with Gasteiger partial charge in [0.05, 0.1) is 9.82 Å². The number of nitro groups is 1. The molecule has 0 aliphatic carbocycles. The van der Waals surface area contributed by atoms with Crippen LogP contribution in [0.2, 0.25) is 0 Å². The molecule has 0 spiro atoms. The lowest BCUT2D eigenvalue weighted by molar-refractivity contribution is -0.387. The number of benzene rings is 1. The van der Waals surface area contributed by atoms with E-state index < -0.39 is 4.92 Å². The van der Waals surface area contributed by atoms with Crippen molar-refractivity contribution in [2.45, 2.75) is 9.92 Å². The van der Waals surface area contributed by atoms with Gasteiger partial charge in [0.25, 0.3) is 5.69 Å². The van der Waals surface area contributed by atoms with Gasteiger partial charge in [-0.15, -0.1) is 0 Å². The Labute approximate surface area is 132 Å². The standard InChI is InChI=1S/C12H9BrN4O3S/c13-8-2-4-11(15-6-8)21-10-3-1-7(12(14)16-18)5-9(10)17(19)20/h1-6,18H,(H2,14,16). The predicted octanol–water partition coefficient (Wildman–Crippen LogP) is 3.00. The fraction of sp³-hybridized carbons (Fsp3) is 0. The first-order chi connectivity index (χ1) is 10.0. The molecule has 0 fully saturated rings. The Kier molecular flexibility index (Phi) is 4.76. The zero-order chi connectivity index (χ0) is 15.4. The second-order valence-corrected chi connectivity index (χ2v) is 5.82. The molecule has 21 heavy (non-hydrogen) atoms. The third kappa shape index (κ3) is 3.70. The van der Waals surface area contributed by atoms with Crippen molar-refractivity contribution in [2.75, 3.05) is 0 Å². The van der Waals surface area contributed by atoms with Crippen LogP contribution in [0.25, 0.3) is 0 Å². The maximum absolute atomic E-state index is 11.2. The van der Waals surface area contributed by atoms with Crippen LogP contribution in [0, 0.1) is 10.1 Å². The highest BCUT2D eigenvalue weighted by Crippen LogP contribution is 2.34. The highest BCUT2D eigenvalue weighted by atomic mass is 79.9. The third-order valence-electron chi connectivity index (χ3n) is 2.47. The molecule has 1 aromatic carbocycles. The number of hydrogen-bond donors (Lipinski definition) is 2. The maximum atomic E-state index is 11.2. The summed E-state index contributed by atoms with van der Waals surface area (Å²) in [6.07, 6.45) is 1.61. The first-order valence-corrected chi connectivity index (χ1v) is 7.18. The van der Waals surface area contributed by atoms with Gasteiger partial charge in [-0.25, -0.2) is 4.98 Å². The molecule has 0 bridgehead atoms. The predicted molar refractivity (Wildman–Crippen MR) is 81.7 cm³/mol. The minimum atomic E-state index is -0.519. The van der Waals surface area contributed by atoms with E-state index in [2.05, 4.69) is 26.1 Å². The number of nitro benzene ring substituents is 1. The molecule has 1 heterocycles. The Balaban J connectivity index is 2.39. The summed E-state index contributed by atoms with van der Waals surface area (Å²) in [5.41, 5.74) is 5.58. The van der Waals surface area contributed by atoms with Crippen molar-refractivity contribution in [3.63, 3.8) is 0 Å². The van der Waals surface area contributed by atoms with Crippen LogP contribution in [0.15, 0.2) is 56.1 Å². The maximum Gasteiger partial charge on any atom is 0.284 e. The quantitative estimate of drug-likeness (QED) is 0.282. The Morgan fingerprint density at radius 3 is 2.76 bits per heavy atom. The number of aromatic nitrogens is 1. The zero-order valence-electron chi connectivity index (χ0n) is 10.4. The Morgan fingerprint density at radius 2 is 2.19 bits per heavy atom. The van der Waals surface area contributed by atoms with Gasteiger partial charge >= 0.3 is 0 Å². The fourth-order valence-corrected chi connectivity index (χ4v) is 2.57. The molecule has 0 aliphatic rings. The van der Waals surface area contributed by atoms with E-state index in [1.165, 1.54) is 6.07 Å². The summed E-state index contributed by atoms with van der Waals surface area (Å²) in [7, 11) is 0. The molecule has 0 saturated heterocycles. The second-order valence-electron chi connectivity index (χ2n) is 3.84. The fourth-order valence-electron chi connectivity index (χ4n) is 1.50.